The van der Waals surface area contributed by atoms with Gasteiger partial charge in [-0.05, 0) is 17.7 Å². The molecule has 0 fully saturated rings. The molecule has 0 spiro atoms. The highest BCUT2D eigenvalue weighted by molar-refractivity contribution is 7.80. The lowest BCUT2D eigenvalue weighted by atomic mass is 10.2. The number of nitrogens with zero attached hydrogens (tertiary/aromatic N) is 1. The van der Waals surface area contributed by atoms with Crippen LogP contribution < -0.4 is 11.5 Å². The van der Waals surface area contributed by atoms with Crippen molar-refractivity contribution in [1.82, 2.24) is 4.57 Å². The molecule has 0 radical (unpaired) electrons. The van der Waals surface area contributed by atoms with Crippen LogP contribution in [0.2, 0.25) is 0 Å². The molecule has 0 aliphatic heterocycles. The number of aromatic nitrogens is 1. The van der Waals surface area contributed by atoms with Gasteiger partial charge in [-0.2, -0.15) is 12.6 Å². The van der Waals surface area contributed by atoms with Crippen molar-refractivity contribution < 1.29 is 4.42 Å². The van der Waals surface area contributed by atoms with Crippen molar-refractivity contribution in [3.05, 3.63) is 34.3 Å². The Morgan fingerprint density at radius 1 is 1.57 bits per heavy atom. The second kappa shape index (κ2) is 3.18. The molecular weight excluding hydrogens is 200 g/mol. The van der Waals surface area contributed by atoms with Gasteiger partial charge in [-0.1, -0.05) is 6.07 Å². The fourth-order valence-corrected chi connectivity index (χ4v) is 1.50. The molecule has 0 saturated heterocycles. The first-order valence-corrected chi connectivity index (χ1v) is 4.64. The lowest BCUT2D eigenvalue weighted by Crippen LogP contribution is -2.08. The van der Waals surface area contributed by atoms with E-state index in [1.54, 1.807) is 19.2 Å². The van der Waals surface area contributed by atoms with Gasteiger partial charge in [0, 0.05) is 7.05 Å². The summed E-state index contributed by atoms with van der Waals surface area (Å²) < 4.78 is 6.45. The molecule has 0 bridgehead atoms. The van der Waals surface area contributed by atoms with E-state index in [0.29, 0.717) is 5.58 Å². The highest BCUT2D eigenvalue weighted by Gasteiger charge is 2.07. The number of hydrogen-bond acceptors (Lipinski definition) is 4. The van der Waals surface area contributed by atoms with Crippen molar-refractivity contribution in [3.8, 4) is 0 Å². The standard InChI is InChI=1S/C9H10N2O2S/c1-11-6-3-2-5(8(10)14)4-7(6)13-9(11)12/h2-4,8,14H,10H2,1H3. The zero-order valence-electron chi connectivity index (χ0n) is 7.60. The maximum absolute atomic E-state index is 11.2. The van der Waals surface area contributed by atoms with Crippen LogP contribution in [0.5, 0.6) is 0 Å². The van der Waals surface area contributed by atoms with Crippen molar-refractivity contribution in [3.63, 3.8) is 0 Å². The highest BCUT2D eigenvalue weighted by Crippen LogP contribution is 2.19. The summed E-state index contributed by atoms with van der Waals surface area (Å²) >= 11 is 4.10. The number of benzene rings is 1. The van der Waals surface area contributed by atoms with Gasteiger partial charge in [-0.15, -0.1) is 0 Å². The molecule has 1 heterocycles. The number of aryl methyl sites for hydroxylation is 1. The van der Waals surface area contributed by atoms with Gasteiger partial charge in [0.25, 0.3) is 0 Å². The SMILES string of the molecule is Cn1c(=O)oc2cc(C(N)S)ccc21. The smallest absolute Gasteiger partial charge is 0.408 e. The molecular formula is C9H10N2O2S. The molecule has 0 aliphatic carbocycles. The van der Waals surface area contributed by atoms with E-state index in [4.69, 9.17) is 10.2 Å². The third-order valence-electron chi connectivity index (χ3n) is 2.16. The summed E-state index contributed by atoms with van der Waals surface area (Å²) in [6.07, 6.45) is 0. The summed E-state index contributed by atoms with van der Waals surface area (Å²) in [4.78, 5) is 11.2. The van der Waals surface area contributed by atoms with Crippen LogP contribution in [-0.4, -0.2) is 4.57 Å². The first-order valence-electron chi connectivity index (χ1n) is 4.13. The Hall–Kier alpha value is -1.20. The van der Waals surface area contributed by atoms with Crippen molar-refractivity contribution >= 4 is 23.7 Å². The fraction of sp³-hybridized carbons (Fsp3) is 0.222. The van der Waals surface area contributed by atoms with E-state index in [-0.39, 0.29) is 11.1 Å². The maximum atomic E-state index is 11.2. The lowest BCUT2D eigenvalue weighted by Gasteiger charge is -2.03. The van der Waals surface area contributed by atoms with E-state index in [9.17, 15) is 4.79 Å². The Labute approximate surface area is 85.7 Å². The lowest BCUT2D eigenvalue weighted by molar-refractivity contribution is 0.528. The molecule has 14 heavy (non-hydrogen) atoms. The monoisotopic (exact) mass is 210 g/mol. The van der Waals surface area contributed by atoms with E-state index in [2.05, 4.69) is 12.6 Å². The third kappa shape index (κ3) is 1.34. The van der Waals surface area contributed by atoms with E-state index < -0.39 is 0 Å². The topological polar surface area (TPSA) is 61.2 Å². The quantitative estimate of drug-likeness (QED) is 0.545. The van der Waals surface area contributed by atoms with Crippen molar-refractivity contribution in [2.24, 2.45) is 12.8 Å². The summed E-state index contributed by atoms with van der Waals surface area (Å²) in [6.45, 7) is 0. The molecule has 1 aromatic carbocycles. The van der Waals surface area contributed by atoms with E-state index >= 15 is 0 Å². The van der Waals surface area contributed by atoms with Crippen LogP contribution in [0.1, 0.15) is 10.9 Å². The predicted molar refractivity (Wildman–Crippen MR) is 57.4 cm³/mol. The molecule has 2 rings (SSSR count). The maximum Gasteiger partial charge on any atom is 0.419 e. The number of hydrogen-bond donors (Lipinski definition) is 2. The van der Waals surface area contributed by atoms with E-state index in [1.807, 2.05) is 6.07 Å². The number of rotatable bonds is 1. The summed E-state index contributed by atoms with van der Waals surface area (Å²) in [6, 6.07) is 5.36. The zero-order valence-corrected chi connectivity index (χ0v) is 8.49. The Bertz CT molecular complexity index is 527. The van der Waals surface area contributed by atoms with E-state index in [0.717, 1.165) is 11.1 Å². The van der Waals surface area contributed by atoms with Gasteiger partial charge >= 0.3 is 5.76 Å². The molecule has 1 unspecified atom stereocenters. The first-order chi connectivity index (χ1) is 6.59. The Morgan fingerprint density at radius 2 is 2.29 bits per heavy atom. The highest BCUT2D eigenvalue weighted by atomic mass is 32.1. The van der Waals surface area contributed by atoms with Crippen molar-refractivity contribution in [2.75, 3.05) is 0 Å². The molecule has 0 saturated carbocycles. The minimum absolute atomic E-state index is 0.357. The van der Waals surface area contributed by atoms with Crippen molar-refractivity contribution in [2.45, 2.75) is 5.37 Å². The van der Waals surface area contributed by atoms with Gasteiger partial charge in [0.15, 0.2) is 5.58 Å². The average Bonchev–Trinajstić information content (AvgIpc) is 2.42. The zero-order chi connectivity index (χ0) is 10.3. The minimum Gasteiger partial charge on any atom is -0.408 e. The van der Waals surface area contributed by atoms with Gasteiger partial charge in [0.1, 0.15) is 0 Å². The van der Waals surface area contributed by atoms with Crippen LogP contribution in [0.25, 0.3) is 11.1 Å². The van der Waals surface area contributed by atoms with Gasteiger partial charge < -0.3 is 10.2 Å². The number of nitrogens with two attached hydrogens (primary N) is 1. The normalized spacial score (nSPS) is 13.4. The predicted octanol–water partition coefficient (Wildman–Crippen LogP) is 1.02. The molecule has 1 aromatic heterocycles. The largest absolute Gasteiger partial charge is 0.419 e. The number of fused-ring (bicyclic) bond motifs is 1. The third-order valence-corrected chi connectivity index (χ3v) is 2.46. The fourth-order valence-electron chi connectivity index (χ4n) is 1.33. The summed E-state index contributed by atoms with van der Waals surface area (Å²) in [5.74, 6) is -0.370. The van der Waals surface area contributed by atoms with Crippen LogP contribution >= 0.6 is 12.6 Å². The molecule has 5 heteroatoms. The van der Waals surface area contributed by atoms with Gasteiger partial charge in [-0.25, -0.2) is 4.79 Å². The molecule has 2 aromatic rings. The Morgan fingerprint density at radius 3 is 2.93 bits per heavy atom. The average molecular weight is 210 g/mol. The Balaban J connectivity index is 2.73. The molecule has 2 N–H and O–H groups in total. The van der Waals surface area contributed by atoms with Crippen LogP contribution in [-0.2, 0) is 7.05 Å². The molecule has 1 atom stereocenters. The summed E-state index contributed by atoms with van der Waals surface area (Å²) in [7, 11) is 1.66. The summed E-state index contributed by atoms with van der Waals surface area (Å²) in [5.41, 5.74) is 7.71. The Kier molecular flexibility index (Phi) is 2.13. The van der Waals surface area contributed by atoms with E-state index in [1.165, 1.54) is 4.57 Å². The minimum atomic E-state index is -0.370. The number of oxazole rings is 1. The molecule has 0 aliphatic rings. The van der Waals surface area contributed by atoms with Crippen LogP contribution in [0, 0.1) is 0 Å². The van der Waals surface area contributed by atoms with Gasteiger partial charge in [-0.3, -0.25) is 4.57 Å². The number of thiol groups is 1. The first kappa shape index (κ1) is 9.36. The molecule has 0 amide bonds. The van der Waals surface area contributed by atoms with Gasteiger partial charge in [0.2, 0.25) is 0 Å². The molecule has 4 nitrogen and oxygen atoms in total. The second-order valence-corrected chi connectivity index (χ2v) is 3.66. The molecule has 74 valence electrons. The van der Waals surface area contributed by atoms with Crippen LogP contribution in [0.15, 0.2) is 27.4 Å². The van der Waals surface area contributed by atoms with Crippen LogP contribution in [0.3, 0.4) is 0 Å². The summed E-state index contributed by atoms with van der Waals surface area (Å²) in [5, 5.41) is -0.357. The second-order valence-electron chi connectivity index (χ2n) is 3.10. The van der Waals surface area contributed by atoms with Gasteiger partial charge in [0.05, 0.1) is 10.9 Å². The van der Waals surface area contributed by atoms with Crippen molar-refractivity contribution in [1.29, 1.82) is 0 Å². The van der Waals surface area contributed by atoms with Crippen LogP contribution in [0.4, 0.5) is 0 Å².